The molecule has 0 aliphatic heterocycles. The first kappa shape index (κ1) is 17.5. The van der Waals surface area contributed by atoms with Crippen molar-refractivity contribution < 1.29 is 18.7 Å². The lowest BCUT2D eigenvalue weighted by Crippen LogP contribution is -2.47. The minimum atomic E-state index is -0.826. The van der Waals surface area contributed by atoms with Gasteiger partial charge >= 0.3 is 0 Å². The maximum absolute atomic E-state index is 13.5. The molecule has 1 unspecified atom stereocenters. The fourth-order valence-corrected chi connectivity index (χ4v) is 1.98. The summed E-state index contributed by atoms with van der Waals surface area (Å²) in [5.41, 5.74) is 6.41. The average Bonchev–Trinajstić information content (AvgIpc) is 2.56. The molecule has 5 nitrogen and oxygen atoms in total. The van der Waals surface area contributed by atoms with Crippen LogP contribution in [-0.4, -0.2) is 17.9 Å². The summed E-state index contributed by atoms with van der Waals surface area (Å²) < 4.78 is 19.0. The van der Waals surface area contributed by atoms with E-state index in [-0.39, 0.29) is 5.56 Å². The predicted octanol–water partition coefficient (Wildman–Crippen LogP) is 2.67. The van der Waals surface area contributed by atoms with Crippen LogP contribution in [0.4, 0.5) is 4.39 Å². The quantitative estimate of drug-likeness (QED) is 0.847. The van der Waals surface area contributed by atoms with Crippen molar-refractivity contribution in [3.8, 4) is 5.75 Å². The average molecular weight is 330 g/mol. The Kier molecular flexibility index (Phi) is 5.52. The van der Waals surface area contributed by atoms with E-state index in [1.54, 1.807) is 13.0 Å². The molecular weight excluding hydrogens is 311 g/mol. The standard InChI is InChI=1S/C18H19FN2O3/c1-11-8-9-14(10-12(11)2)24-13(3)17(22)20-21-18(23)15-6-4-5-7-16(15)19/h4-10,13H,1-3H3,(H,20,22)(H,21,23). The Labute approximate surface area is 139 Å². The molecule has 0 saturated carbocycles. The van der Waals surface area contributed by atoms with Crippen molar-refractivity contribution in [1.82, 2.24) is 10.9 Å². The first-order valence-electron chi connectivity index (χ1n) is 7.47. The first-order chi connectivity index (χ1) is 11.4. The summed E-state index contributed by atoms with van der Waals surface area (Å²) in [6.45, 7) is 5.48. The SMILES string of the molecule is Cc1ccc(OC(C)C(=O)NNC(=O)c2ccccc2F)cc1C. The molecule has 0 bridgehead atoms. The molecule has 6 heteroatoms. The molecule has 24 heavy (non-hydrogen) atoms. The molecule has 0 saturated heterocycles. The lowest BCUT2D eigenvalue weighted by molar-refractivity contribution is -0.128. The van der Waals surface area contributed by atoms with Crippen molar-refractivity contribution in [2.45, 2.75) is 26.9 Å². The summed E-state index contributed by atoms with van der Waals surface area (Å²) in [7, 11) is 0. The van der Waals surface area contributed by atoms with Gasteiger partial charge in [0.05, 0.1) is 5.56 Å². The van der Waals surface area contributed by atoms with Gasteiger partial charge in [-0.1, -0.05) is 18.2 Å². The smallest absolute Gasteiger partial charge is 0.279 e. The number of rotatable bonds is 4. The Morgan fingerprint density at radius 2 is 1.75 bits per heavy atom. The Balaban J connectivity index is 1.91. The topological polar surface area (TPSA) is 67.4 Å². The van der Waals surface area contributed by atoms with Crippen molar-refractivity contribution in [1.29, 1.82) is 0 Å². The molecular formula is C18H19FN2O3. The Bertz CT molecular complexity index is 762. The number of hydrogen-bond donors (Lipinski definition) is 2. The van der Waals surface area contributed by atoms with Gasteiger partial charge in [0.15, 0.2) is 6.10 Å². The van der Waals surface area contributed by atoms with E-state index in [0.29, 0.717) is 5.75 Å². The number of nitrogens with one attached hydrogen (secondary N) is 2. The van der Waals surface area contributed by atoms with Crippen LogP contribution < -0.4 is 15.6 Å². The molecule has 126 valence electrons. The van der Waals surface area contributed by atoms with Gasteiger partial charge in [0.1, 0.15) is 11.6 Å². The highest BCUT2D eigenvalue weighted by molar-refractivity contribution is 5.95. The molecule has 0 aliphatic rings. The van der Waals surface area contributed by atoms with Crippen LogP contribution in [0, 0.1) is 19.7 Å². The summed E-state index contributed by atoms with van der Waals surface area (Å²) in [6, 6.07) is 11.0. The van der Waals surface area contributed by atoms with Crippen LogP contribution in [0.1, 0.15) is 28.4 Å². The minimum absolute atomic E-state index is 0.152. The van der Waals surface area contributed by atoms with Crippen molar-refractivity contribution in [3.05, 3.63) is 65.0 Å². The van der Waals surface area contributed by atoms with Crippen LogP contribution in [-0.2, 0) is 4.79 Å². The van der Waals surface area contributed by atoms with Crippen molar-refractivity contribution in [2.24, 2.45) is 0 Å². The highest BCUT2D eigenvalue weighted by atomic mass is 19.1. The van der Waals surface area contributed by atoms with Crippen LogP contribution in [0.3, 0.4) is 0 Å². The summed E-state index contributed by atoms with van der Waals surface area (Å²) in [6.07, 6.45) is -0.826. The van der Waals surface area contributed by atoms with E-state index >= 15 is 0 Å². The summed E-state index contributed by atoms with van der Waals surface area (Å²) in [5.74, 6) is -1.39. The maximum atomic E-state index is 13.5. The number of hydrogen-bond acceptors (Lipinski definition) is 3. The van der Waals surface area contributed by atoms with E-state index in [4.69, 9.17) is 4.74 Å². The Morgan fingerprint density at radius 3 is 2.42 bits per heavy atom. The van der Waals surface area contributed by atoms with E-state index in [9.17, 15) is 14.0 Å². The van der Waals surface area contributed by atoms with E-state index in [1.165, 1.54) is 24.3 Å². The number of hydrazine groups is 1. The van der Waals surface area contributed by atoms with Gasteiger partial charge in [-0.2, -0.15) is 0 Å². The number of halogens is 1. The molecule has 0 aromatic heterocycles. The Hall–Kier alpha value is -2.89. The number of benzene rings is 2. The number of aryl methyl sites for hydroxylation is 2. The van der Waals surface area contributed by atoms with E-state index in [0.717, 1.165) is 11.1 Å². The van der Waals surface area contributed by atoms with Crippen molar-refractivity contribution in [2.75, 3.05) is 0 Å². The summed E-state index contributed by atoms with van der Waals surface area (Å²) in [5, 5.41) is 0. The second-order valence-electron chi connectivity index (χ2n) is 5.43. The van der Waals surface area contributed by atoms with Crippen LogP contribution in [0.15, 0.2) is 42.5 Å². The second kappa shape index (κ2) is 7.59. The third-order valence-corrected chi connectivity index (χ3v) is 3.58. The highest BCUT2D eigenvalue weighted by Gasteiger charge is 2.17. The molecule has 2 rings (SSSR count). The lowest BCUT2D eigenvalue weighted by atomic mass is 10.1. The molecule has 0 heterocycles. The fourth-order valence-electron chi connectivity index (χ4n) is 1.98. The van der Waals surface area contributed by atoms with Gasteiger partial charge in [-0.05, 0) is 56.2 Å². The van der Waals surface area contributed by atoms with Gasteiger partial charge in [0, 0.05) is 0 Å². The molecule has 2 aromatic carbocycles. The van der Waals surface area contributed by atoms with Gasteiger partial charge in [-0.3, -0.25) is 20.4 Å². The highest BCUT2D eigenvalue weighted by Crippen LogP contribution is 2.17. The van der Waals surface area contributed by atoms with Crippen LogP contribution in [0.25, 0.3) is 0 Å². The lowest BCUT2D eigenvalue weighted by Gasteiger charge is -2.16. The van der Waals surface area contributed by atoms with Gasteiger partial charge in [-0.15, -0.1) is 0 Å². The number of carbonyl (C=O) groups excluding carboxylic acids is 2. The largest absolute Gasteiger partial charge is 0.481 e. The molecule has 0 aliphatic carbocycles. The third kappa shape index (κ3) is 4.32. The first-order valence-corrected chi connectivity index (χ1v) is 7.47. The number of ether oxygens (including phenoxy) is 1. The van der Waals surface area contributed by atoms with Crippen molar-refractivity contribution in [3.63, 3.8) is 0 Å². The molecule has 0 fully saturated rings. The zero-order valence-electron chi connectivity index (χ0n) is 13.7. The van der Waals surface area contributed by atoms with Crippen molar-refractivity contribution >= 4 is 11.8 Å². The number of amides is 2. The molecule has 0 spiro atoms. The molecule has 1 atom stereocenters. The maximum Gasteiger partial charge on any atom is 0.279 e. The van der Waals surface area contributed by atoms with E-state index in [2.05, 4.69) is 10.9 Å². The van der Waals surface area contributed by atoms with Gasteiger partial charge in [-0.25, -0.2) is 4.39 Å². The van der Waals surface area contributed by atoms with Crippen LogP contribution in [0.2, 0.25) is 0 Å². The number of carbonyl (C=O) groups is 2. The van der Waals surface area contributed by atoms with Gasteiger partial charge < -0.3 is 4.74 Å². The molecule has 2 N–H and O–H groups in total. The minimum Gasteiger partial charge on any atom is -0.481 e. The normalized spacial score (nSPS) is 11.5. The Morgan fingerprint density at radius 1 is 1.04 bits per heavy atom. The zero-order chi connectivity index (χ0) is 17.7. The van der Waals surface area contributed by atoms with Crippen LogP contribution in [0.5, 0.6) is 5.75 Å². The summed E-state index contributed by atoms with van der Waals surface area (Å²) in [4.78, 5) is 23.8. The van der Waals surface area contributed by atoms with Gasteiger partial charge in [0.25, 0.3) is 11.8 Å². The molecule has 2 aromatic rings. The molecule has 0 radical (unpaired) electrons. The predicted molar refractivity (Wildman–Crippen MR) is 88.0 cm³/mol. The fraction of sp³-hybridized carbons (Fsp3) is 0.222. The van der Waals surface area contributed by atoms with Gasteiger partial charge in [0.2, 0.25) is 0 Å². The second-order valence-corrected chi connectivity index (χ2v) is 5.43. The zero-order valence-corrected chi connectivity index (χ0v) is 13.7. The van der Waals surface area contributed by atoms with E-state index < -0.39 is 23.7 Å². The third-order valence-electron chi connectivity index (χ3n) is 3.58. The van der Waals surface area contributed by atoms with E-state index in [1.807, 2.05) is 26.0 Å². The van der Waals surface area contributed by atoms with Crippen LogP contribution >= 0.6 is 0 Å². The molecule has 2 amide bonds. The summed E-state index contributed by atoms with van der Waals surface area (Å²) >= 11 is 0. The monoisotopic (exact) mass is 330 g/mol.